The van der Waals surface area contributed by atoms with Gasteiger partial charge in [0.2, 0.25) is 0 Å². The van der Waals surface area contributed by atoms with Crippen molar-refractivity contribution in [3.8, 4) is 11.9 Å². The van der Waals surface area contributed by atoms with E-state index in [4.69, 9.17) is 4.42 Å². The molecule has 122 valence electrons. The Morgan fingerprint density at radius 3 is 2.50 bits per heavy atom. The van der Waals surface area contributed by atoms with Crippen molar-refractivity contribution in [3.05, 3.63) is 11.1 Å². The number of fused-ring (bicyclic) bond motifs is 5. The van der Waals surface area contributed by atoms with Crippen LogP contribution in [0.15, 0.2) is 4.42 Å². The fourth-order valence-electron chi connectivity index (χ4n) is 6.62. The van der Waals surface area contributed by atoms with Crippen LogP contribution in [0.3, 0.4) is 0 Å². The average Bonchev–Trinajstić information content (AvgIpc) is 3.11. The Kier molecular flexibility index (Phi) is 3.25. The third-order valence-electron chi connectivity index (χ3n) is 7.42. The second kappa shape index (κ2) is 4.94. The van der Waals surface area contributed by atoms with E-state index in [-0.39, 0.29) is 11.9 Å². The summed E-state index contributed by atoms with van der Waals surface area (Å²) in [6.45, 7) is 6.42. The molecule has 2 bridgehead atoms. The molecule has 7 atom stereocenters. The van der Waals surface area contributed by atoms with Crippen molar-refractivity contribution in [1.29, 1.82) is 0 Å². The molecule has 0 N–H and O–H groups in total. The maximum absolute atomic E-state index is 12.2. The van der Waals surface area contributed by atoms with Crippen LogP contribution in [0.1, 0.15) is 63.0 Å². The summed E-state index contributed by atoms with van der Waals surface area (Å²) in [5, 5.41) is 23.9. The fraction of sp³-hybridized carbons (Fsp3) is 0.789. The molecule has 7 unspecified atom stereocenters. The Morgan fingerprint density at radius 2 is 1.86 bits per heavy atom. The summed E-state index contributed by atoms with van der Waals surface area (Å²) in [7, 11) is 0. The molecule has 0 aromatic carbocycles. The van der Waals surface area contributed by atoms with Gasteiger partial charge in [-0.1, -0.05) is 33.1 Å². The minimum absolute atomic E-state index is 0.265. The minimum atomic E-state index is -0.415. The predicted octanol–water partition coefficient (Wildman–Crippen LogP) is 3.55. The minimum Gasteiger partial charge on any atom is -0.572 e. The number of furan rings is 1. The molecular weight excluding hydrogens is 276 g/mol. The van der Waals surface area contributed by atoms with E-state index in [0.29, 0.717) is 17.4 Å². The molecule has 1 aromatic heterocycles. The normalized spacial score (nSPS) is 43.5. The van der Waals surface area contributed by atoms with E-state index in [9.17, 15) is 10.2 Å². The van der Waals surface area contributed by atoms with Crippen LogP contribution in [-0.4, -0.2) is 0 Å². The molecule has 3 aliphatic rings. The van der Waals surface area contributed by atoms with Gasteiger partial charge < -0.3 is 14.6 Å². The van der Waals surface area contributed by atoms with Crippen LogP contribution < -0.4 is 10.2 Å². The van der Waals surface area contributed by atoms with Gasteiger partial charge in [0.05, 0.1) is 11.9 Å². The Hall–Kier alpha value is -1.12. The summed E-state index contributed by atoms with van der Waals surface area (Å²) in [6, 6.07) is 0. The Labute approximate surface area is 132 Å². The third-order valence-corrected chi connectivity index (χ3v) is 7.42. The standard InChI is InChI=1S/C19H28O3/c1-4-11-6-5-7-12-14-8-13(17(11)12)9(2)15(14)16-10(3)18(20)22-19(16)21/h9,11-15,17,20-21H,4-8H2,1-3H3/p-2. The van der Waals surface area contributed by atoms with Gasteiger partial charge >= 0.3 is 0 Å². The average molecular weight is 302 g/mol. The number of rotatable bonds is 2. The highest BCUT2D eigenvalue weighted by atomic mass is 16.5. The van der Waals surface area contributed by atoms with Crippen LogP contribution in [0.5, 0.6) is 11.9 Å². The molecule has 3 nitrogen and oxygen atoms in total. The first-order chi connectivity index (χ1) is 10.5. The summed E-state index contributed by atoms with van der Waals surface area (Å²) >= 11 is 0. The van der Waals surface area contributed by atoms with Crippen LogP contribution in [0.2, 0.25) is 0 Å². The highest BCUT2D eigenvalue weighted by Crippen LogP contribution is 2.67. The van der Waals surface area contributed by atoms with Crippen molar-refractivity contribution in [2.75, 3.05) is 0 Å². The quantitative estimate of drug-likeness (QED) is 0.839. The lowest BCUT2D eigenvalue weighted by atomic mass is 9.58. The lowest BCUT2D eigenvalue weighted by molar-refractivity contribution is -0.324. The maximum atomic E-state index is 12.2. The number of hydrogen-bond acceptors (Lipinski definition) is 3. The van der Waals surface area contributed by atoms with Crippen molar-refractivity contribution >= 4 is 0 Å². The first-order valence-corrected chi connectivity index (χ1v) is 9.01. The lowest BCUT2D eigenvalue weighted by Crippen LogP contribution is -2.39. The first kappa shape index (κ1) is 14.5. The van der Waals surface area contributed by atoms with Gasteiger partial charge in [-0.3, -0.25) is 0 Å². The summed E-state index contributed by atoms with van der Waals surface area (Å²) < 4.78 is 4.88. The van der Waals surface area contributed by atoms with Crippen molar-refractivity contribution in [2.24, 2.45) is 35.5 Å². The SMILES string of the molecule is CCC1CCCC2C3CC(C(C)C3c3c([O-])oc([O-])c3C)C12. The van der Waals surface area contributed by atoms with Crippen molar-refractivity contribution in [2.45, 2.75) is 58.8 Å². The molecular formula is C19H26O3-2. The first-order valence-electron chi connectivity index (χ1n) is 9.01. The highest BCUT2D eigenvalue weighted by molar-refractivity contribution is 5.42. The fourth-order valence-corrected chi connectivity index (χ4v) is 6.62. The zero-order valence-corrected chi connectivity index (χ0v) is 13.8. The lowest BCUT2D eigenvalue weighted by Gasteiger charge is -2.46. The van der Waals surface area contributed by atoms with Gasteiger partial charge in [-0.25, -0.2) is 0 Å². The predicted molar refractivity (Wildman–Crippen MR) is 80.5 cm³/mol. The van der Waals surface area contributed by atoms with Gasteiger partial charge in [0, 0.05) is 0 Å². The van der Waals surface area contributed by atoms with Gasteiger partial charge in [0.15, 0.2) is 0 Å². The van der Waals surface area contributed by atoms with Gasteiger partial charge in [0.25, 0.3) is 0 Å². The molecule has 1 aromatic rings. The molecule has 3 fully saturated rings. The van der Waals surface area contributed by atoms with E-state index in [2.05, 4.69) is 13.8 Å². The molecule has 3 heteroatoms. The van der Waals surface area contributed by atoms with E-state index < -0.39 is 5.95 Å². The van der Waals surface area contributed by atoms with Gasteiger partial charge in [-0.05, 0) is 72.3 Å². The highest BCUT2D eigenvalue weighted by Gasteiger charge is 2.59. The van der Waals surface area contributed by atoms with E-state index in [1.807, 2.05) is 0 Å². The van der Waals surface area contributed by atoms with Crippen molar-refractivity contribution in [1.82, 2.24) is 0 Å². The van der Waals surface area contributed by atoms with E-state index in [1.165, 1.54) is 32.1 Å². The molecule has 0 amide bonds. The molecule has 1 heterocycles. The largest absolute Gasteiger partial charge is 0.572 e. The molecule has 0 aliphatic heterocycles. The Balaban J connectivity index is 1.71. The van der Waals surface area contributed by atoms with Gasteiger partial charge in [-0.15, -0.1) is 0 Å². The molecule has 0 radical (unpaired) electrons. The van der Waals surface area contributed by atoms with Crippen molar-refractivity contribution < 1.29 is 14.6 Å². The van der Waals surface area contributed by atoms with Crippen molar-refractivity contribution in [3.63, 3.8) is 0 Å². The van der Waals surface area contributed by atoms with Crippen LogP contribution in [0.25, 0.3) is 0 Å². The Morgan fingerprint density at radius 1 is 1.09 bits per heavy atom. The zero-order valence-electron chi connectivity index (χ0n) is 13.8. The summed E-state index contributed by atoms with van der Waals surface area (Å²) in [5.74, 6) is 3.87. The smallest absolute Gasteiger partial charge is 0.0603 e. The molecule has 4 rings (SSSR count). The van der Waals surface area contributed by atoms with E-state index in [0.717, 1.165) is 29.2 Å². The topological polar surface area (TPSA) is 59.3 Å². The van der Waals surface area contributed by atoms with Gasteiger partial charge in [0.1, 0.15) is 0 Å². The zero-order chi connectivity index (χ0) is 15.6. The summed E-state index contributed by atoms with van der Waals surface area (Å²) in [6.07, 6.45) is 6.60. The molecule has 22 heavy (non-hydrogen) atoms. The monoisotopic (exact) mass is 302 g/mol. The summed E-state index contributed by atoms with van der Waals surface area (Å²) in [4.78, 5) is 0. The molecule has 3 saturated carbocycles. The van der Waals surface area contributed by atoms with Gasteiger partial charge in [-0.2, -0.15) is 0 Å². The van der Waals surface area contributed by atoms with E-state index >= 15 is 0 Å². The van der Waals surface area contributed by atoms with Crippen LogP contribution >= 0.6 is 0 Å². The van der Waals surface area contributed by atoms with Crippen LogP contribution in [0, 0.1) is 42.4 Å². The second-order valence-corrected chi connectivity index (χ2v) is 8.00. The molecule has 0 spiro atoms. The van der Waals surface area contributed by atoms with Crippen LogP contribution in [0.4, 0.5) is 0 Å². The van der Waals surface area contributed by atoms with Crippen LogP contribution in [-0.2, 0) is 0 Å². The third kappa shape index (κ3) is 1.74. The maximum Gasteiger partial charge on any atom is 0.0603 e. The Bertz CT molecular complexity index is 573. The molecule has 3 aliphatic carbocycles. The number of hydrogen-bond donors (Lipinski definition) is 0. The summed E-state index contributed by atoms with van der Waals surface area (Å²) in [5.41, 5.74) is 1.30. The second-order valence-electron chi connectivity index (χ2n) is 8.00. The molecule has 0 saturated heterocycles. The van der Waals surface area contributed by atoms with E-state index in [1.54, 1.807) is 6.92 Å².